The van der Waals surface area contributed by atoms with E-state index in [0.29, 0.717) is 5.56 Å². The van der Waals surface area contributed by atoms with Crippen molar-refractivity contribution in [1.29, 1.82) is 0 Å². The van der Waals surface area contributed by atoms with Gasteiger partial charge in [0.2, 0.25) is 0 Å². The Bertz CT molecular complexity index is 319. The van der Waals surface area contributed by atoms with Gasteiger partial charge < -0.3 is 16.6 Å². The Morgan fingerprint density at radius 1 is 1.54 bits per heavy atom. The number of halogens is 2. The molecule has 0 saturated heterocycles. The van der Waals surface area contributed by atoms with Crippen molar-refractivity contribution in [2.24, 2.45) is 11.5 Å². The normalized spacial score (nSPS) is 12.9. The second-order valence-electron chi connectivity index (χ2n) is 2.67. The standard InChI is InChI=1S/C8H10ClFN2O/c9-5-1-4(7(12)3-11)8(13)2-6(5)10/h1-2,7,13H,3,11-12H2/t7-/m0/s1. The summed E-state index contributed by atoms with van der Waals surface area (Å²) in [6.45, 7) is 0.162. The third-order valence-corrected chi connectivity index (χ3v) is 2.01. The minimum Gasteiger partial charge on any atom is -0.507 e. The lowest BCUT2D eigenvalue weighted by molar-refractivity contribution is 0.456. The molecular formula is C8H10ClFN2O. The van der Waals surface area contributed by atoms with Gasteiger partial charge in [0.1, 0.15) is 11.6 Å². The maximum absolute atomic E-state index is 12.8. The largest absolute Gasteiger partial charge is 0.507 e. The van der Waals surface area contributed by atoms with Gasteiger partial charge >= 0.3 is 0 Å². The highest BCUT2D eigenvalue weighted by Gasteiger charge is 2.12. The van der Waals surface area contributed by atoms with Crippen LogP contribution in [0.4, 0.5) is 4.39 Å². The molecule has 0 aliphatic rings. The van der Waals surface area contributed by atoms with E-state index in [1.54, 1.807) is 0 Å². The highest BCUT2D eigenvalue weighted by Crippen LogP contribution is 2.28. The van der Waals surface area contributed by atoms with Crippen molar-refractivity contribution in [3.05, 3.63) is 28.5 Å². The monoisotopic (exact) mass is 204 g/mol. The van der Waals surface area contributed by atoms with Crippen molar-refractivity contribution in [3.63, 3.8) is 0 Å². The van der Waals surface area contributed by atoms with Crippen LogP contribution in [0.15, 0.2) is 12.1 Å². The van der Waals surface area contributed by atoms with E-state index in [1.807, 2.05) is 0 Å². The fourth-order valence-corrected chi connectivity index (χ4v) is 1.15. The predicted molar refractivity (Wildman–Crippen MR) is 49.1 cm³/mol. The van der Waals surface area contributed by atoms with Gasteiger partial charge in [0, 0.05) is 24.2 Å². The van der Waals surface area contributed by atoms with E-state index in [-0.39, 0.29) is 17.3 Å². The van der Waals surface area contributed by atoms with Crippen LogP contribution in [0, 0.1) is 5.82 Å². The van der Waals surface area contributed by atoms with Gasteiger partial charge in [0.25, 0.3) is 0 Å². The van der Waals surface area contributed by atoms with Gasteiger partial charge in [-0.15, -0.1) is 0 Å². The molecule has 3 nitrogen and oxygen atoms in total. The SMILES string of the molecule is NC[C@H](N)c1cc(Cl)c(F)cc1O. The van der Waals surface area contributed by atoms with Gasteiger partial charge in [-0.25, -0.2) is 4.39 Å². The molecule has 0 aliphatic carbocycles. The maximum Gasteiger partial charge on any atom is 0.145 e. The quantitative estimate of drug-likeness (QED) is 0.677. The average molecular weight is 205 g/mol. The zero-order valence-corrected chi connectivity index (χ0v) is 7.55. The topological polar surface area (TPSA) is 72.3 Å². The number of benzene rings is 1. The molecule has 0 amide bonds. The van der Waals surface area contributed by atoms with E-state index >= 15 is 0 Å². The Hall–Kier alpha value is -0.840. The number of phenolic OH excluding ortho intramolecular Hbond substituents is 1. The third-order valence-electron chi connectivity index (χ3n) is 1.72. The Morgan fingerprint density at radius 2 is 2.15 bits per heavy atom. The molecule has 0 fully saturated rings. The summed E-state index contributed by atoms with van der Waals surface area (Å²) in [4.78, 5) is 0. The number of nitrogens with two attached hydrogens (primary N) is 2. The number of hydrogen-bond acceptors (Lipinski definition) is 3. The van der Waals surface area contributed by atoms with Crippen molar-refractivity contribution < 1.29 is 9.50 Å². The molecule has 13 heavy (non-hydrogen) atoms. The second-order valence-corrected chi connectivity index (χ2v) is 3.07. The average Bonchev–Trinajstić information content (AvgIpc) is 2.10. The lowest BCUT2D eigenvalue weighted by atomic mass is 10.1. The van der Waals surface area contributed by atoms with Crippen LogP contribution in [-0.2, 0) is 0 Å². The molecule has 0 spiro atoms. The van der Waals surface area contributed by atoms with E-state index in [1.165, 1.54) is 6.07 Å². The van der Waals surface area contributed by atoms with E-state index in [4.69, 9.17) is 23.1 Å². The number of rotatable bonds is 2. The molecule has 0 radical (unpaired) electrons. The summed E-state index contributed by atoms with van der Waals surface area (Å²) < 4.78 is 12.8. The molecule has 5 heteroatoms. The smallest absolute Gasteiger partial charge is 0.145 e. The fourth-order valence-electron chi connectivity index (χ4n) is 0.976. The molecule has 1 aromatic rings. The summed E-state index contributed by atoms with van der Waals surface area (Å²) in [6, 6.07) is 1.68. The molecule has 5 N–H and O–H groups in total. The summed E-state index contributed by atoms with van der Waals surface area (Å²) in [5, 5.41) is 9.21. The summed E-state index contributed by atoms with van der Waals surface area (Å²) in [5.41, 5.74) is 11.2. The Labute approximate surface area is 80.1 Å². The van der Waals surface area contributed by atoms with Crippen LogP contribution < -0.4 is 11.5 Å². The van der Waals surface area contributed by atoms with E-state index in [9.17, 15) is 9.50 Å². The first-order valence-corrected chi connectivity index (χ1v) is 4.07. The lowest BCUT2D eigenvalue weighted by Crippen LogP contribution is -2.20. The molecule has 0 heterocycles. The molecule has 1 rings (SSSR count). The first-order chi connectivity index (χ1) is 6.06. The molecule has 0 saturated carbocycles. The summed E-state index contributed by atoms with van der Waals surface area (Å²) in [5.74, 6) is -0.896. The fraction of sp³-hybridized carbons (Fsp3) is 0.250. The molecule has 1 aromatic carbocycles. The van der Waals surface area contributed by atoms with Gasteiger partial charge in [-0.3, -0.25) is 0 Å². The molecule has 0 unspecified atom stereocenters. The summed E-state index contributed by atoms with van der Waals surface area (Å²) in [7, 11) is 0. The highest BCUT2D eigenvalue weighted by molar-refractivity contribution is 6.30. The van der Waals surface area contributed by atoms with Crippen LogP contribution >= 0.6 is 11.6 Å². The van der Waals surface area contributed by atoms with Gasteiger partial charge in [0.05, 0.1) is 5.02 Å². The first kappa shape index (κ1) is 10.2. The summed E-state index contributed by atoms with van der Waals surface area (Å²) in [6.07, 6.45) is 0. The first-order valence-electron chi connectivity index (χ1n) is 3.69. The van der Waals surface area contributed by atoms with E-state index < -0.39 is 11.9 Å². The van der Waals surface area contributed by atoms with Gasteiger partial charge in [0.15, 0.2) is 0 Å². The summed E-state index contributed by atoms with van der Waals surface area (Å²) >= 11 is 5.50. The predicted octanol–water partition coefficient (Wildman–Crippen LogP) is 1.14. The third kappa shape index (κ3) is 2.09. The zero-order chi connectivity index (χ0) is 10.0. The van der Waals surface area contributed by atoms with Crippen LogP contribution in [0.3, 0.4) is 0 Å². The lowest BCUT2D eigenvalue weighted by Gasteiger charge is -2.11. The zero-order valence-electron chi connectivity index (χ0n) is 6.80. The van der Waals surface area contributed by atoms with Crippen molar-refractivity contribution >= 4 is 11.6 Å². The van der Waals surface area contributed by atoms with Crippen LogP contribution in [-0.4, -0.2) is 11.7 Å². The molecule has 0 aromatic heterocycles. The Balaban J connectivity index is 3.15. The Kier molecular flexibility index (Phi) is 3.08. The molecule has 72 valence electrons. The molecule has 0 bridgehead atoms. The Morgan fingerprint density at radius 3 is 2.69 bits per heavy atom. The van der Waals surface area contributed by atoms with Crippen molar-refractivity contribution in [2.75, 3.05) is 6.54 Å². The minimum absolute atomic E-state index is 0.0725. The van der Waals surface area contributed by atoms with Crippen LogP contribution in [0.25, 0.3) is 0 Å². The molecular weight excluding hydrogens is 195 g/mol. The van der Waals surface area contributed by atoms with Gasteiger partial charge in [-0.1, -0.05) is 11.6 Å². The van der Waals surface area contributed by atoms with E-state index in [0.717, 1.165) is 6.07 Å². The van der Waals surface area contributed by atoms with Crippen molar-refractivity contribution in [3.8, 4) is 5.75 Å². The number of phenols is 1. The van der Waals surface area contributed by atoms with Crippen LogP contribution in [0.2, 0.25) is 5.02 Å². The minimum atomic E-state index is -0.674. The number of hydrogen-bond donors (Lipinski definition) is 3. The number of aromatic hydroxyl groups is 1. The second kappa shape index (κ2) is 3.91. The maximum atomic E-state index is 12.8. The molecule has 0 aliphatic heterocycles. The highest BCUT2D eigenvalue weighted by atomic mass is 35.5. The van der Waals surface area contributed by atoms with Crippen LogP contribution in [0.1, 0.15) is 11.6 Å². The van der Waals surface area contributed by atoms with Crippen molar-refractivity contribution in [1.82, 2.24) is 0 Å². The van der Waals surface area contributed by atoms with Crippen molar-refractivity contribution in [2.45, 2.75) is 6.04 Å². The van der Waals surface area contributed by atoms with Gasteiger partial charge in [-0.05, 0) is 6.07 Å². The van der Waals surface area contributed by atoms with Gasteiger partial charge in [-0.2, -0.15) is 0 Å². The van der Waals surface area contributed by atoms with Crippen LogP contribution in [0.5, 0.6) is 5.75 Å². The van der Waals surface area contributed by atoms with E-state index in [2.05, 4.69) is 0 Å². The molecule has 1 atom stereocenters.